The van der Waals surface area contributed by atoms with Crippen LogP contribution in [0.5, 0.6) is 0 Å². The van der Waals surface area contributed by atoms with Crippen LogP contribution in [0.4, 0.5) is 0 Å². The van der Waals surface area contributed by atoms with Crippen LogP contribution < -0.4 is 0 Å². The highest BCUT2D eigenvalue weighted by Crippen LogP contribution is 2.10. The monoisotopic (exact) mass is 232 g/mol. The largest absolute Gasteiger partial charge is 0.474 e. The molecule has 1 N–H and O–H groups in total. The van der Waals surface area contributed by atoms with E-state index in [1.807, 2.05) is 24.3 Å². The van der Waals surface area contributed by atoms with Crippen molar-refractivity contribution in [2.24, 2.45) is 0 Å². The zero-order chi connectivity index (χ0) is 12.3. The number of rotatable bonds is 4. The maximum Gasteiger partial charge on any atom is 0.393 e. The second-order valence-corrected chi connectivity index (χ2v) is 3.65. The van der Waals surface area contributed by atoms with Crippen molar-refractivity contribution in [2.45, 2.75) is 19.8 Å². The van der Waals surface area contributed by atoms with E-state index in [2.05, 4.69) is 17.1 Å². The predicted molar refractivity (Wildman–Crippen MR) is 59.9 cm³/mol. The van der Waals surface area contributed by atoms with E-state index in [4.69, 9.17) is 9.52 Å². The van der Waals surface area contributed by atoms with Gasteiger partial charge in [-0.2, -0.15) is 0 Å². The summed E-state index contributed by atoms with van der Waals surface area (Å²) < 4.78 is 4.98. The van der Waals surface area contributed by atoms with E-state index in [9.17, 15) is 4.79 Å². The van der Waals surface area contributed by atoms with Gasteiger partial charge in [0.1, 0.15) is 0 Å². The Morgan fingerprint density at radius 1 is 1.24 bits per heavy atom. The lowest BCUT2D eigenvalue weighted by Crippen LogP contribution is -1.95. The van der Waals surface area contributed by atoms with Gasteiger partial charge in [-0.1, -0.05) is 31.2 Å². The van der Waals surface area contributed by atoms with Gasteiger partial charge in [0.2, 0.25) is 5.89 Å². The Hall–Kier alpha value is -2.17. The highest BCUT2D eigenvalue weighted by atomic mass is 16.4. The maximum atomic E-state index is 10.6. The zero-order valence-electron chi connectivity index (χ0n) is 9.38. The molecule has 0 atom stereocenters. The van der Waals surface area contributed by atoms with Gasteiger partial charge in [-0.05, 0) is 17.5 Å². The van der Waals surface area contributed by atoms with Crippen LogP contribution in [0.15, 0.2) is 28.7 Å². The Labute approximate surface area is 98.1 Å². The van der Waals surface area contributed by atoms with Gasteiger partial charge < -0.3 is 9.52 Å². The van der Waals surface area contributed by atoms with Crippen molar-refractivity contribution in [3.05, 3.63) is 47.2 Å². The van der Waals surface area contributed by atoms with Gasteiger partial charge in [0.15, 0.2) is 0 Å². The number of benzene rings is 1. The molecular weight excluding hydrogens is 220 g/mol. The molecule has 1 aromatic carbocycles. The summed E-state index contributed by atoms with van der Waals surface area (Å²) in [7, 11) is 0. The third-order valence-electron chi connectivity index (χ3n) is 2.44. The maximum absolute atomic E-state index is 10.6. The standard InChI is InChI=1S/C12H12N2O3/c1-2-8-3-5-9(6-4-8)7-10-13-14-11(17-10)12(15)16/h3-6H,2,7H2,1H3,(H,15,16). The van der Waals surface area contributed by atoms with Crippen molar-refractivity contribution in [1.29, 1.82) is 0 Å². The van der Waals surface area contributed by atoms with Crippen molar-refractivity contribution < 1.29 is 14.3 Å². The average Bonchev–Trinajstić information content (AvgIpc) is 2.79. The molecule has 0 aliphatic rings. The fraction of sp³-hybridized carbons (Fsp3) is 0.250. The molecule has 0 aliphatic carbocycles. The third kappa shape index (κ3) is 2.69. The van der Waals surface area contributed by atoms with E-state index in [1.54, 1.807) is 0 Å². The SMILES string of the molecule is CCc1ccc(Cc2nnc(C(=O)O)o2)cc1. The van der Waals surface area contributed by atoms with Crippen LogP contribution in [0.3, 0.4) is 0 Å². The minimum Gasteiger partial charge on any atom is -0.474 e. The first-order valence-electron chi connectivity index (χ1n) is 5.32. The van der Waals surface area contributed by atoms with Gasteiger partial charge in [0, 0.05) is 0 Å². The van der Waals surface area contributed by atoms with Crippen molar-refractivity contribution in [1.82, 2.24) is 10.2 Å². The van der Waals surface area contributed by atoms with Gasteiger partial charge in [0.25, 0.3) is 0 Å². The van der Waals surface area contributed by atoms with Gasteiger partial charge in [-0.15, -0.1) is 10.2 Å². The summed E-state index contributed by atoms with van der Waals surface area (Å²) in [5, 5.41) is 15.7. The van der Waals surface area contributed by atoms with Crippen LogP contribution in [0.1, 0.15) is 34.6 Å². The lowest BCUT2D eigenvalue weighted by Gasteiger charge is -1.99. The van der Waals surface area contributed by atoms with Crippen LogP contribution in [-0.4, -0.2) is 21.3 Å². The Kier molecular flexibility index (Phi) is 3.18. The summed E-state index contributed by atoms with van der Waals surface area (Å²) in [6.45, 7) is 2.09. The molecule has 0 saturated carbocycles. The molecule has 5 nitrogen and oxygen atoms in total. The molecule has 88 valence electrons. The average molecular weight is 232 g/mol. The van der Waals surface area contributed by atoms with Crippen LogP contribution in [-0.2, 0) is 12.8 Å². The Bertz CT molecular complexity index is 517. The van der Waals surface area contributed by atoms with Crippen molar-refractivity contribution in [3.8, 4) is 0 Å². The summed E-state index contributed by atoms with van der Waals surface area (Å²) in [6.07, 6.45) is 1.44. The van der Waals surface area contributed by atoms with Gasteiger partial charge in [-0.25, -0.2) is 4.79 Å². The number of nitrogens with zero attached hydrogens (tertiary/aromatic N) is 2. The topological polar surface area (TPSA) is 76.2 Å². The van der Waals surface area contributed by atoms with E-state index >= 15 is 0 Å². The molecule has 0 amide bonds. The van der Waals surface area contributed by atoms with Gasteiger partial charge >= 0.3 is 11.9 Å². The van der Waals surface area contributed by atoms with E-state index in [1.165, 1.54) is 5.56 Å². The van der Waals surface area contributed by atoms with Crippen molar-refractivity contribution in [2.75, 3.05) is 0 Å². The van der Waals surface area contributed by atoms with E-state index in [-0.39, 0.29) is 5.89 Å². The minimum absolute atomic E-state index is 0.312. The number of carbonyl (C=O) groups is 1. The molecule has 1 heterocycles. The number of hydrogen-bond acceptors (Lipinski definition) is 4. The number of aromatic nitrogens is 2. The first-order valence-corrected chi connectivity index (χ1v) is 5.32. The van der Waals surface area contributed by atoms with E-state index < -0.39 is 5.97 Å². The number of carboxylic acids is 1. The molecule has 0 fully saturated rings. The summed E-state index contributed by atoms with van der Waals surface area (Å²) in [6, 6.07) is 8.01. The van der Waals surface area contributed by atoms with Crippen molar-refractivity contribution in [3.63, 3.8) is 0 Å². The molecule has 5 heteroatoms. The predicted octanol–water partition coefficient (Wildman–Crippen LogP) is 1.92. The summed E-state index contributed by atoms with van der Waals surface area (Å²) in [5.41, 5.74) is 2.27. The number of aryl methyl sites for hydroxylation is 1. The second kappa shape index (κ2) is 4.78. The molecule has 0 aliphatic heterocycles. The van der Waals surface area contributed by atoms with E-state index in [0.29, 0.717) is 12.3 Å². The lowest BCUT2D eigenvalue weighted by atomic mass is 10.1. The van der Waals surface area contributed by atoms with Gasteiger partial charge in [-0.3, -0.25) is 0 Å². The summed E-state index contributed by atoms with van der Waals surface area (Å²) in [5.74, 6) is -1.26. The first-order chi connectivity index (χ1) is 8.19. The minimum atomic E-state index is -1.20. The van der Waals surface area contributed by atoms with Gasteiger partial charge in [0.05, 0.1) is 6.42 Å². The van der Waals surface area contributed by atoms with Crippen LogP contribution in [0.2, 0.25) is 0 Å². The number of carboxylic acid groups (broad SMARTS) is 1. The summed E-state index contributed by atoms with van der Waals surface area (Å²) >= 11 is 0. The Balaban J connectivity index is 2.11. The molecule has 0 unspecified atom stereocenters. The van der Waals surface area contributed by atoms with Crippen LogP contribution in [0, 0.1) is 0 Å². The normalized spacial score (nSPS) is 10.4. The highest BCUT2D eigenvalue weighted by Gasteiger charge is 2.12. The molecule has 0 radical (unpaired) electrons. The highest BCUT2D eigenvalue weighted by molar-refractivity contribution is 5.81. The fourth-order valence-electron chi connectivity index (χ4n) is 1.48. The second-order valence-electron chi connectivity index (χ2n) is 3.65. The summed E-state index contributed by atoms with van der Waals surface area (Å²) in [4.78, 5) is 10.6. The molecule has 0 saturated heterocycles. The molecule has 0 spiro atoms. The number of aromatic carboxylic acids is 1. The van der Waals surface area contributed by atoms with E-state index in [0.717, 1.165) is 12.0 Å². The first kappa shape index (κ1) is 11.3. The zero-order valence-corrected chi connectivity index (χ0v) is 9.38. The molecular formula is C12H12N2O3. The fourth-order valence-corrected chi connectivity index (χ4v) is 1.48. The van der Waals surface area contributed by atoms with Crippen LogP contribution in [0.25, 0.3) is 0 Å². The molecule has 2 aromatic rings. The quantitative estimate of drug-likeness (QED) is 0.871. The van der Waals surface area contributed by atoms with Crippen LogP contribution >= 0.6 is 0 Å². The third-order valence-corrected chi connectivity index (χ3v) is 2.44. The Morgan fingerprint density at radius 3 is 2.41 bits per heavy atom. The lowest BCUT2D eigenvalue weighted by molar-refractivity contribution is 0.0651. The van der Waals surface area contributed by atoms with Crippen molar-refractivity contribution >= 4 is 5.97 Å². The number of hydrogen-bond donors (Lipinski definition) is 1. The molecule has 1 aromatic heterocycles. The molecule has 17 heavy (non-hydrogen) atoms. The molecule has 0 bridgehead atoms. The molecule has 2 rings (SSSR count). The Morgan fingerprint density at radius 2 is 1.88 bits per heavy atom. The smallest absolute Gasteiger partial charge is 0.393 e.